The number of nitrogens with one attached hydrogen (secondary N) is 2. The van der Waals surface area contributed by atoms with Crippen molar-refractivity contribution < 1.29 is 43.0 Å². The molecule has 2 aromatic rings. The maximum absolute atomic E-state index is 13.8. The number of hydrogen-bond donors (Lipinski definition) is 2. The maximum atomic E-state index is 13.8. The number of fused-ring (bicyclic) bond motifs is 1. The number of carbonyl (C=O) groups excluding carboxylic acids is 6. The Morgan fingerprint density at radius 2 is 1.63 bits per heavy atom. The van der Waals surface area contributed by atoms with Crippen molar-refractivity contribution in [2.75, 3.05) is 52.5 Å². The number of carbonyl (C=O) groups is 6. The second-order valence-electron chi connectivity index (χ2n) is 13.1. The topological polar surface area (TPSA) is 177 Å². The Hall–Kier alpha value is -4.95. The van der Waals surface area contributed by atoms with Crippen LogP contribution in [0.2, 0.25) is 0 Å². The van der Waals surface area contributed by atoms with Crippen molar-refractivity contribution in [1.29, 1.82) is 0 Å². The molecular formula is C36H48N6O9. The molecule has 15 heteroatoms. The predicted octanol–water partition coefficient (Wildman–Crippen LogP) is 2.32. The Labute approximate surface area is 297 Å². The van der Waals surface area contributed by atoms with Crippen LogP contribution in [-0.2, 0) is 28.7 Å². The average Bonchev–Trinajstić information content (AvgIpc) is 3.60. The summed E-state index contributed by atoms with van der Waals surface area (Å²) in [5.74, 6) is -1.81. The SMILES string of the molecule is CCOC(=O)CC[C@H](NC(=O)c1cc(OCC(=O)N2CCC[C@H]2C(=O)NC2CCC2)c2ccc(C)cc2n1)C(=O)N1CCN(C(=O)OCC)CC1. The van der Waals surface area contributed by atoms with Gasteiger partial charge in [-0.2, -0.15) is 0 Å². The van der Waals surface area contributed by atoms with Crippen LogP contribution in [0.25, 0.3) is 10.9 Å². The van der Waals surface area contributed by atoms with Gasteiger partial charge in [0.1, 0.15) is 23.5 Å². The first-order valence-electron chi connectivity index (χ1n) is 17.9. The lowest BCUT2D eigenvalue weighted by Crippen LogP contribution is -2.56. The fraction of sp³-hybridized carbons (Fsp3) is 0.583. The van der Waals surface area contributed by atoms with Gasteiger partial charge in [-0.25, -0.2) is 9.78 Å². The van der Waals surface area contributed by atoms with E-state index in [0.29, 0.717) is 30.3 Å². The van der Waals surface area contributed by atoms with Crippen molar-refractivity contribution in [2.45, 2.75) is 83.8 Å². The number of aromatic nitrogens is 1. The van der Waals surface area contributed by atoms with E-state index >= 15 is 0 Å². The first-order chi connectivity index (χ1) is 24.6. The lowest BCUT2D eigenvalue weighted by atomic mass is 9.93. The number of pyridine rings is 1. The van der Waals surface area contributed by atoms with Gasteiger partial charge < -0.3 is 39.5 Å². The molecule has 2 atom stereocenters. The monoisotopic (exact) mass is 708 g/mol. The third-order valence-corrected chi connectivity index (χ3v) is 9.50. The molecule has 1 aliphatic carbocycles. The third kappa shape index (κ3) is 9.44. The normalized spacial score (nSPS) is 18.1. The van der Waals surface area contributed by atoms with Crippen LogP contribution in [0.4, 0.5) is 4.79 Å². The first-order valence-corrected chi connectivity index (χ1v) is 17.9. The second-order valence-corrected chi connectivity index (χ2v) is 13.1. The summed E-state index contributed by atoms with van der Waals surface area (Å²) in [5.41, 5.74) is 1.29. The van der Waals surface area contributed by atoms with Gasteiger partial charge in [0.15, 0.2) is 6.61 Å². The van der Waals surface area contributed by atoms with E-state index in [2.05, 4.69) is 15.6 Å². The number of piperazine rings is 1. The van der Waals surface area contributed by atoms with Crippen molar-refractivity contribution >= 4 is 46.6 Å². The lowest BCUT2D eigenvalue weighted by molar-refractivity contribution is -0.143. The highest BCUT2D eigenvalue weighted by molar-refractivity contribution is 5.99. The van der Waals surface area contributed by atoms with Gasteiger partial charge in [-0.05, 0) is 77.0 Å². The zero-order chi connectivity index (χ0) is 36.5. The second kappa shape index (κ2) is 17.3. The molecule has 3 aliphatic rings. The Kier molecular flexibility index (Phi) is 12.7. The van der Waals surface area contributed by atoms with Crippen molar-refractivity contribution in [3.8, 4) is 5.75 Å². The maximum Gasteiger partial charge on any atom is 0.409 e. The van der Waals surface area contributed by atoms with Crippen molar-refractivity contribution in [2.24, 2.45) is 0 Å². The van der Waals surface area contributed by atoms with Gasteiger partial charge in [0, 0.05) is 56.6 Å². The molecule has 0 spiro atoms. The van der Waals surface area contributed by atoms with E-state index in [0.717, 1.165) is 24.8 Å². The van der Waals surface area contributed by atoms with Gasteiger partial charge in [0.25, 0.3) is 11.8 Å². The van der Waals surface area contributed by atoms with Crippen LogP contribution in [0, 0.1) is 6.92 Å². The molecule has 15 nitrogen and oxygen atoms in total. The average molecular weight is 709 g/mol. The molecule has 5 amide bonds. The molecule has 2 N–H and O–H groups in total. The molecule has 2 aliphatic heterocycles. The lowest BCUT2D eigenvalue weighted by Gasteiger charge is -2.36. The molecule has 1 saturated carbocycles. The molecule has 5 rings (SSSR count). The summed E-state index contributed by atoms with van der Waals surface area (Å²) in [4.78, 5) is 87.4. The van der Waals surface area contributed by atoms with E-state index in [1.807, 2.05) is 13.0 Å². The number of aryl methyl sites for hydroxylation is 1. The minimum Gasteiger partial charge on any atom is -0.483 e. The van der Waals surface area contributed by atoms with Gasteiger partial charge in [-0.3, -0.25) is 24.0 Å². The zero-order valence-corrected chi connectivity index (χ0v) is 29.6. The van der Waals surface area contributed by atoms with E-state index < -0.39 is 36.0 Å². The Morgan fingerprint density at radius 3 is 2.31 bits per heavy atom. The highest BCUT2D eigenvalue weighted by atomic mass is 16.6. The van der Waals surface area contributed by atoms with Crippen LogP contribution in [0.5, 0.6) is 5.75 Å². The van der Waals surface area contributed by atoms with Gasteiger partial charge in [-0.1, -0.05) is 6.07 Å². The van der Waals surface area contributed by atoms with E-state index in [1.165, 1.54) is 11.0 Å². The zero-order valence-electron chi connectivity index (χ0n) is 29.6. The molecule has 2 saturated heterocycles. The van der Waals surface area contributed by atoms with Gasteiger partial charge in [0.05, 0.1) is 18.7 Å². The van der Waals surface area contributed by atoms with Gasteiger partial charge >= 0.3 is 12.1 Å². The van der Waals surface area contributed by atoms with E-state index in [-0.39, 0.29) is 88.1 Å². The molecule has 3 heterocycles. The standard InChI is InChI=1S/C36H48N6O9/c1-4-49-32(44)14-13-26(35(47)40-16-18-41(19-17-40)36(48)50-5-2)39-33(45)28-21-30(25-12-11-23(3)20-27(25)38-28)51-22-31(43)42-15-7-10-29(42)34(46)37-24-8-6-9-24/h11-12,20-21,24,26,29H,4-10,13-19,22H2,1-3H3,(H,37,46)(H,39,45)/t26-,29-/m0/s1. The Balaban J connectivity index is 1.30. The number of nitrogens with zero attached hydrogens (tertiary/aromatic N) is 4. The minimum absolute atomic E-state index is 0.0165. The molecule has 51 heavy (non-hydrogen) atoms. The fourth-order valence-electron chi connectivity index (χ4n) is 6.48. The number of benzene rings is 1. The van der Waals surface area contributed by atoms with E-state index in [4.69, 9.17) is 14.2 Å². The predicted molar refractivity (Wildman–Crippen MR) is 185 cm³/mol. The summed E-state index contributed by atoms with van der Waals surface area (Å²) in [5, 5.41) is 6.39. The Bertz CT molecular complexity index is 1620. The highest BCUT2D eigenvalue weighted by Gasteiger charge is 2.36. The molecule has 1 aromatic heterocycles. The number of ether oxygens (including phenoxy) is 3. The molecule has 0 unspecified atom stereocenters. The number of esters is 1. The third-order valence-electron chi connectivity index (χ3n) is 9.50. The van der Waals surface area contributed by atoms with Crippen LogP contribution in [-0.4, -0.2) is 126 Å². The van der Waals surface area contributed by atoms with Crippen LogP contribution in [0.1, 0.15) is 74.8 Å². The largest absolute Gasteiger partial charge is 0.483 e. The first kappa shape index (κ1) is 37.3. The van der Waals surface area contributed by atoms with E-state index in [1.54, 1.807) is 35.8 Å². The van der Waals surface area contributed by atoms with Crippen molar-refractivity contribution in [3.63, 3.8) is 0 Å². The molecular weight excluding hydrogens is 660 g/mol. The summed E-state index contributed by atoms with van der Waals surface area (Å²) in [6.45, 7) is 6.78. The molecule has 0 bridgehead atoms. The van der Waals surface area contributed by atoms with Crippen LogP contribution < -0.4 is 15.4 Å². The molecule has 1 aromatic carbocycles. The van der Waals surface area contributed by atoms with Crippen molar-refractivity contribution in [1.82, 2.24) is 30.3 Å². The summed E-state index contributed by atoms with van der Waals surface area (Å²) >= 11 is 0. The summed E-state index contributed by atoms with van der Waals surface area (Å²) < 4.78 is 16.2. The summed E-state index contributed by atoms with van der Waals surface area (Å²) in [6, 6.07) is 5.41. The molecule has 3 fully saturated rings. The minimum atomic E-state index is -1.09. The highest BCUT2D eigenvalue weighted by Crippen LogP contribution is 2.28. The van der Waals surface area contributed by atoms with Gasteiger partial charge in [0.2, 0.25) is 11.8 Å². The van der Waals surface area contributed by atoms with Crippen LogP contribution in [0.15, 0.2) is 24.3 Å². The molecule has 0 radical (unpaired) electrons. The fourth-order valence-corrected chi connectivity index (χ4v) is 6.48. The Morgan fingerprint density at radius 1 is 0.902 bits per heavy atom. The van der Waals surface area contributed by atoms with Gasteiger partial charge in [-0.15, -0.1) is 0 Å². The quantitative estimate of drug-likeness (QED) is 0.294. The summed E-state index contributed by atoms with van der Waals surface area (Å²) in [6.07, 6.45) is 3.72. The number of rotatable bonds is 13. The van der Waals surface area contributed by atoms with E-state index in [9.17, 15) is 28.8 Å². The van der Waals surface area contributed by atoms with Crippen molar-refractivity contribution in [3.05, 3.63) is 35.5 Å². The van der Waals surface area contributed by atoms with Crippen LogP contribution >= 0.6 is 0 Å². The summed E-state index contributed by atoms with van der Waals surface area (Å²) in [7, 11) is 0. The number of likely N-dealkylation sites (tertiary alicyclic amines) is 1. The van der Waals surface area contributed by atoms with Crippen LogP contribution in [0.3, 0.4) is 0 Å². The number of hydrogen-bond acceptors (Lipinski definition) is 10. The number of amides is 5. The smallest absolute Gasteiger partial charge is 0.409 e. The molecule has 276 valence electrons.